The normalized spacial score (nSPS) is 19.2. The number of nitrogens with one attached hydrogen (secondary N) is 1. The number of aromatic nitrogens is 2. The number of hydrogen-bond donors (Lipinski definition) is 1. The molecule has 25 heavy (non-hydrogen) atoms. The second kappa shape index (κ2) is 7.91. The first-order chi connectivity index (χ1) is 12.1. The van der Waals surface area contributed by atoms with Gasteiger partial charge in [-0.05, 0) is 32.6 Å². The number of ether oxygens (including phenoxy) is 1. The Kier molecular flexibility index (Phi) is 5.63. The highest BCUT2D eigenvalue weighted by molar-refractivity contribution is 5.80. The van der Waals surface area contributed by atoms with Crippen LogP contribution in [0.25, 0.3) is 0 Å². The van der Waals surface area contributed by atoms with Gasteiger partial charge in [0.1, 0.15) is 5.82 Å². The molecule has 1 fully saturated rings. The molecule has 1 aromatic heterocycles. The van der Waals surface area contributed by atoms with E-state index in [1.807, 2.05) is 17.1 Å². The highest BCUT2D eigenvalue weighted by Crippen LogP contribution is 2.27. The minimum Gasteiger partial charge on any atom is -0.381 e. The van der Waals surface area contributed by atoms with Crippen molar-refractivity contribution in [3.8, 4) is 0 Å². The second-order valence-corrected chi connectivity index (χ2v) is 6.67. The Morgan fingerprint density at radius 3 is 2.68 bits per heavy atom. The van der Waals surface area contributed by atoms with Gasteiger partial charge in [-0.3, -0.25) is 4.79 Å². The number of hydrogen-bond acceptors (Lipinski definition) is 5. The van der Waals surface area contributed by atoms with Crippen molar-refractivity contribution in [3.63, 3.8) is 0 Å². The molecule has 3 rings (SSSR count). The van der Waals surface area contributed by atoms with Crippen LogP contribution < -0.4 is 5.32 Å². The van der Waals surface area contributed by atoms with Crippen LogP contribution in [-0.4, -0.2) is 53.6 Å². The Bertz CT molecular complexity index is 651. The molecule has 2 aliphatic rings. The van der Waals surface area contributed by atoms with Crippen molar-refractivity contribution in [2.75, 3.05) is 38.2 Å². The number of carbonyl (C=O) groups excluding carboxylic acids is 1. The monoisotopic (exact) mass is 348 g/mol. The van der Waals surface area contributed by atoms with E-state index in [9.17, 15) is 9.18 Å². The molecule has 0 aromatic carbocycles. The lowest BCUT2D eigenvalue weighted by molar-refractivity contribution is -0.136. The summed E-state index contributed by atoms with van der Waals surface area (Å²) in [5.41, 5.74) is 0.313. The fraction of sp³-hybridized carbons (Fsp3) is 0.611. The van der Waals surface area contributed by atoms with Gasteiger partial charge in [-0.2, -0.15) is 0 Å². The van der Waals surface area contributed by atoms with Crippen LogP contribution in [0.5, 0.6) is 0 Å². The molecule has 1 unspecified atom stereocenters. The number of rotatable bonds is 5. The third-order valence-corrected chi connectivity index (χ3v) is 4.90. The summed E-state index contributed by atoms with van der Waals surface area (Å²) in [5, 5.41) is 3.06. The zero-order valence-corrected chi connectivity index (χ0v) is 14.8. The van der Waals surface area contributed by atoms with E-state index >= 15 is 0 Å². The summed E-state index contributed by atoms with van der Waals surface area (Å²) in [4.78, 5) is 23.0. The van der Waals surface area contributed by atoms with Crippen molar-refractivity contribution in [3.05, 3.63) is 29.5 Å². The Labute approximate surface area is 147 Å². The predicted molar refractivity (Wildman–Crippen MR) is 92.7 cm³/mol. The largest absolute Gasteiger partial charge is 0.381 e. The molecule has 0 aliphatic carbocycles. The fourth-order valence-electron chi connectivity index (χ4n) is 3.49. The topological polar surface area (TPSA) is 67.4 Å². The molecule has 0 saturated carbocycles. The molecular weight excluding hydrogens is 323 g/mol. The van der Waals surface area contributed by atoms with E-state index in [2.05, 4.69) is 15.3 Å². The number of aryl methyl sites for hydroxylation is 2. The van der Waals surface area contributed by atoms with Gasteiger partial charge < -0.3 is 15.0 Å². The van der Waals surface area contributed by atoms with E-state index in [4.69, 9.17) is 4.74 Å². The van der Waals surface area contributed by atoms with Gasteiger partial charge in [0.15, 0.2) is 11.6 Å². The van der Waals surface area contributed by atoms with Crippen LogP contribution >= 0.6 is 0 Å². The first-order valence-corrected chi connectivity index (χ1v) is 8.82. The summed E-state index contributed by atoms with van der Waals surface area (Å²) < 4.78 is 19.7. The smallest absolute Gasteiger partial charge is 0.228 e. The quantitative estimate of drug-likeness (QED) is 0.825. The van der Waals surface area contributed by atoms with E-state index in [1.165, 1.54) is 0 Å². The molecule has 3 heterocycles. The number of anilines is 1. The Morgan fingerprint density at radius 2 is 2.00 bits per heavy atom. The van der Waals surface area contributed by atoms with Crippen LogP contribution in [0.15, 0.2) is 12.2 Å². The molecule has 136 valence electrons. The molecule has 1 saturated heterocycles. The van der Waals surface area contributed by atoms with E-state index in [1.54, 1.807) is 13.8 Å². The Balaban J connectivity index is 1.74. The van der Waals surface area contributed by atoms with Crippen molar-refractivity contribution < 1.29 is 13.9 Å². The van der Waals surface area contributed by atoms with Crippen molar-refractivity contribution in [2.45, 2.75) is 26.7 Å². The van der Waals surface area contributed by atoms with Crippen molar-refractivity contribution >= 4 is 11.7 Å². The van der Waals surface area contributed by atoms with Gasteiger partial charge in [0.25, 0.3) is 0 Å². The summed E-state index contributed by atoms with van der Waals surface area (Å²) in [7, 11) is 0. The average molecular weight is 348 g/mol. The zero-order valence-electron chi connectivity index (χ0n) is 14.8. The molecular formula is C18H25FN4O2. The summed E-state index contributed by atoms with van der Waals surface area (Å²) >= 11 is 0. The summed E-state index contributed by atoms with van der Waals surface area (Å²) in [6, 6.07) is 0. The Hall–Kier alpha value is -2.02. The third kappa shape index (κ3) is 4.15. The van der Waals surface area contributed by atoms with E-state index in [0.717, 1.165) is 12.8 Å². The van der Waals surface area contributed by atoms with Crippen LogP contribution in [0, 0.1) is 31.5 Å². The van der Waals surface area contributed by atoms with Crippen molar-refractivity contribution in [1.82, 2.24) is 14.9 Å². The zero-order chi connectivity index (χ0) is 17.8. The third-order valence-electron chi connectivity index (χ3n) is 4.90. The maximum absolute atomic E-state index is 14.3. The Morgan fingerprint density at radius 1 is 1.32 bits per heavy atom. The molecule has 6 nitrogen and oxygen atoms in total. The molecule has 1 amide bonds. The maximum atomic E-state index is 14.3. The minimum atomic E-state index is -0.452. The van der Waals surface area contributed by atoms with E-state index < -0.39 is 5.82 Å². The van der Waals surface area contributed by atoms with Gasteiger partial charge in [-0.1, -0.05) is 12.2 Å². The molecule has 0 spiro atoms. The summed E-state index contributed by atoms with van der Waals surface area (Å²) in [6.45, 7) is 6.37. The van der Waals surface area contributed by atoms with Gasteiger partial charge in [0.05, 0.1) is 11.6 Å². The number of nitrogens with zero attached hydrogens (tertiary/aromatic N) is 3. The lowest BCUT2D eigenvalue weighted by Gasteiger charge is -2.32. The second-order valence-electron chi connectivity index (χ2n) is 6.67. The average Bonchev–Trinajstić information content (AvgIpc) is 3.14. The molecule has 1 atom stereocenters. The number of amides is 1. The maximum Gasteiger partial charge on any atom is 0.228 e. The standard InChI is InChI=1S/C18H25FN4O2/c1-12-16(19)17(22-13(2)21-12)20-11-15(14-5-9-25-10-6-14)18(24)23-7-3-4-8-23/h3-4,14-15H,5-11H2,1-2H3,(H,20,21,22). The highest BCUT2D eigenvalue weighted by atomic mass is 19.1. The van der Waals surface area contributed by atoms with Gasteiger partial charge in [0.2, 0.25) is 5.91 Å². The lowest BCUT2D eigenvalue weighted by atomic mass is 9.84. The molecule has 7 heteroatoms. The van der Waals surface area contributed by atoms with E-state index in [0.29, 0.717) is 44.4 Å². The first kappa shape index (κ1) is 17.8. The van der Waals surface area contributed by atoms with Gasteiger partial charge in [-0.25, -0.2) is 14.4 Å². The van der Waals surface area contributed by atoms with Crippen molar-refractivity contribution in [2.24, 2.45) is 11.8 Å². The molecule has 0 radical (unpaired) electrons. The first-order valence-electron chi connectivity index (χ1n) is 8.82. The molecule has 2 aliphatic heterocycles. The van der Waals surface area contributed by atoms with Crippen LogP contribution in [-0.2, 0) is 9.53 Å². The van der Waals surface area contributed by atoms with Crippen LogP contribution in [0.4, 0.5) is 10.2 Å². The minimum absolute atomic E-state index is 0.118. The summed E-state index contributed by atoms with van der Waals surface area (Å²) in [5.74, 6) is 0.382. The predicted octanol–water partition coefficient (Wildman–Crippen LogP) is 2.09. The SMILES string of the molecule is Cc1nc(C)c(F)c(NCC(C(=O)N2CC=CC2)C2CCOCC2)n1. The molecule has 1 N–H and O–H groups in total. The molecule has 0 bridgehead atoms. The van der Waals surface area contributed by atoms with E-state index in [-0.39, 0.29) is 23.6 Å². The van der Waals surface area contributed by atoms with Gasteiger partial charge >= 0.3 is 0 Å². The fourth-order valence-corrected chi connectivity index (χ4v) is 3.49. The van der Waals surface area contributed by atoms with Gasteiger partial charge in [0, 0.05) is 32.8 Å². The number of carbonyl (C=O) groups is 1. The van der Waals surface area contributed by atoms with Crippen LogP contribution in [0.1, 0.15) is 24.4 Å². The van der Waals surface area contributed by atoms with Gasteiger partial charge in [-0.15, -0.1) is 0 Å². The number of halogens is 1. The van der Waals surface area contributed by atoms with Crippen molar-refractivity contribution in [1.29, 1.82) is 0 Å². The molecule has 1 aromatic rings. The van der Waals surface area contributed by atoms with Crippen LogP contribution in [0.3, 0.4) is 0 Å². The lowest BCUT2D eigenvalue weighted by Crippen LogP contribution is -2.42. The highest BCUT2D eigenvalue weighted by Gasteiger charge is 2.33. The van der Waals surface area contributed by atoms with Crippen LogP contribution in [0.2, 0.25) is 0 Å². The summed E-state index contributed by atoms with van der Waals surface area (Å²) in [6.07, 6.45) is 5.71.